The third-order valence-corrected chi connectivity index (χ3v) is 5.05. The lowest BCUT2D eigenvalue weighted by Gasteiger charge is -2.22. The Hall–Kier alpha value is -1.80. The molecule has 7 nitrogen and oxygen atoms in total. The fourth-order valence-corrected chi connectivity index (χ4v) is 3.29. The molecule has 130 valence electrons. The van der Waals surface area contributed by atoms with Crippen LogP contribution in [0.15, 0.2) is 23.1 Å². The van der Waals surface area contributed by atoms with Crippen LogP contribution < -0.4 is 14.2 Å². The van der Waals surface area contributed by atoms with E-state index in [1.807, 2.05) is 6.92 Å². The summed E-state index contributed by atoms with van der Waals surface area (Å²) in [6.07, 6.45) is 0.619. The maximum absolute atomic E-state index is 12.5. The summed E-state index contributed by atoms with van der Waals surface area (Å²) in [5, 5.41) is 0. The minimum Gasteiger partial charge on any atom is -0.493 e. The van der Waals surface area contributed by atoms with Crippen LogP contribution in [-0.2, 0) is 19.6 Å². The lowest BCUT2D eigenvalue weighted by atomic mass is 10.0. The van der Waals surface area contributed by atoms with Crippen LogP contribution in [0.3, 0.4) is 0 Å². The van der Waals surface area contributed by atoms with Gasteiger partial charge in [0.15, 0.2) is 11.5 Å². The molecule has 0 radical (unpaired) electrons. The highest BCUT2D eigenvalue weighted by Gasteiger charge is 2.30. The number of rotatable bonds is 8. The van der Waals surface area contributed by atoms with Gasteiger partial charge in [-0.05, 0) is 18.1 Å². The van der Waals surface area contributed by atoms with Gasteiger partial charge in [-0.3, -0.25) is 4.79 Å². The van der Waals surface area contributed by atoms with Gasteiger partial charge < -0.3 is 14.2 Å². The first-order valence-electron chi connectivity index (χ1n) is 7.12. The standard InChI is InChI=1S/C15H23NO6S/c1-6-10(2)14(15(17)22-5)16-23(18,19)11-7-8-12(20-3)13(9-11)21-4/h7-10,14,16H,6H2,1-5H3/t10-,14+/m1/s1. The number of carbonyl (C=O) groups excluding carboxylic acids is 1. The molecule has 0 amide bonds. The van der Waals surface area contributed by atoms with Crippen LogP contribution in [0.1, 0.15) is 20.3 Å². The first kappa shape index (κ1) is 19.2. The molecule has 0 aliphatic heterocycles. The molecule has 0 saturated heterocycles. The van der Waals surface area contributed by atoms with Crippen molar-refractivity contribution in [3.63, 3.8) is 0 Å². The third kappa shape index (κ3) is 4.59. The van der Waals surface area contributed by atoms with Gasteiger partial charge in [-0.2, -0.15) is 4.72 Å². The van der Waals surface area contributed by atoms with Gasteiger partial charge in [0.25, 0.3) is 0 Å². The number of carbonyl (C=O) groups is 1. The van der Waals surface area contributed by atoms with E-state index in [9.17, 15) is 13.2 Å². The summed E-state index contributed by atoms with van der Waals surface area (Å²) in [5.74, 6) is -0.132. The molecule has 1 aromatic carbocycles. The quantitative estimate of drug-likeness (QED) is 0.719. The molecule has 8 heteroatoms. The summed E-state index contributed by atoms with van der Waals surface area (Å²) >= 11 is 0. The Labute approximate surface area is 137 Å². The highest BCUT2D eigenvalue weighted by molar-refractivity contribution is 7.89. The van der Waals surface area contributed by atoms with Gasteiger partial charge in [0.2, 0.25) is 10.0 Å². The molecule has 0 aliphatic rings. The number of sulfonamides is 1. The Kier molecular flexibility index (Phi) is 6.83. The molecule has 0 aliphatic carbocycles. The largest absolute Gasteiger partial charge is 0.493 e. The Morgan fingerprint density at radius 1 is 1.17 bits per heavy atom. The van der Waals surface area contributed by atoms with E-state index in [1.165, 1.54) is 39.5 Å². The summed E-state index contributed by atoms with van der Waals surface area (Å²) in [4.78, 5) is 11.8. The van der Waals surface area contributed by atoms with Crippen molar-refractivity contribution in [3.05, 3.63) is 18.2 Å². The van der Waals surface area contributed by atoms with E-state index in [1.54, 1.807) is 6.92 Å². The number of nitrogens with one attached hydrogen (secondary N) is 1. The van der Waals surface area contributed by atoms with Crippen molar-refractivity contribution in [2.75, 3.05) is 21.3 Å². The van der Waals surface area contributed by atoms with Crippen LogP contribution in [0, 0.1) is 5.92 Å². The maximum atomic E-state index is 12.5. The molecule has 0 saturated carbocycles. The van der Waals surface area contributed by atoms with Gasteiger partial charge in [0.1, 0.15) is 6.04 Å². The number of hydrogen-bond donors (Lipinski definition) is 1. The van der Waals surface area contributed by atoms with Crippen molar-refractivity contribution < 1.29 is 27.4 Å². The Morgan fingerprint density at radius 2 is 1.78 bits per heavy atom. The fraction of sp³-hybridized carbons (Fsp3) is 0.533. The second-order valence-electron chi connectivity index (χ2n) is 5.02. The Morgan fingerprint density at radius 3 is 2.26 bits per heavy atom. The van der Waals surface area contributed by atoms with E-state index in [0.29, 0.717) is 12.2 Å². The molecule has 1 rings (SSSR count). The predicted molar refractivity (Wildman–Crippen MR) is 85.1 cm³/mol. The van der Waals surface area contributed by atoms with E-state index in [0.717, 1.165) is 0 Å². The minimum atomic E-state index is -3.91. The molecule has 0 unspecified atom stereocenters. The predicted octanol–water partition coefficient (Wildman–Crippen LogP) is 1.57. The number of methoxy groups -OCH3 is 3. The smallest absolute Gasteiger partial charge is 0.324 e. The van der Waals surface area contributed by atoms with Crippen LogP contribution in [0.2, 0.25) is 0 Å². The number of hydrogen-bond acceptors (Lipinski definition) is 6. The maximum Gasteiger partial charge on any atom is 0.324 e. The van der Waals surface area contributed by atoms with E-state index in [2.05, 4.69) is 9.46 Å². The van der Waals surface area contributed by atoms with Crippen molar-refractivity contribution in [2.24, 2.45) is 5.92 Å². The zero-order valence-electron chi connectivity index (χ0n) is 14.0. The van der Waals surface area contributed by atoms with Crippen molar-refractivity contribution >= 4 is 16.0 Å². The average Bonchev–Trinajstić information content (AvgIpc) is 2.57. The highest BCUT2D eigenvalue weighted by Crippen LogP contribution is 2.29. The molecular weight excluding hydrogens is 322 g/mol. The van der Waals surface area contributed by atoms with Crippen LogP contribution in [0.5, 0.6) is 11.5 Å². The van der Waals surface area contributed by atoms with E-state index in [-0.39, 0.29) is 16.6 Å². The molecule has 0 aromatic heterocycles. The minimum absolute atomic E-state index is 0.0210. The first-order valence-corrected chi connectivity index (χ1v) is 8.61. The van der Waals surface area contributed by atoms with Gasteiger partial charge in [-0.1, -0.05) is 20.3 Å². The van der Waals surface area contributed by atoms with Crippen LogP contribution in [-0.4, -0.2) is 41.8 Å². The zero-order chi connectivity index (χ0) is 17.6. The molecule has 1 aromatic rings. The van der Waals surface area contributed by atoms with Crippen LogP contribution in [0.4, 0.5) is 0 Å². The van der Waals surface area contributed by atoms with E-state index in [4.69, 9.17) is 9.47 Å². The molecule has 0 spiro atoms. The topological polar surface area (TPSA) is 90.9 Å². The molecule has 2 atom stereocenters. The van der Waals surface area contributed by atoms with Crippen LogP contribution in [0.25, 0.3) is 0 Å². The van der Waals surface area contributed by atoms with Crippen molar-refractivity contribution in [1.82, 2.24) is 4.72 Å². The van der Waals surface area contributed by atoms with Gasteiger partial charge in [0.05, 0.1) is 26.2 Å². The van der Waals surface area contributed by atoms with E-state index >= 15 is 0 Å². The molecule has 0 bridgehead atoms. The summed E-state index contributed by atoms with van der Waals surface area (Å²) < 4.78 is 42.3. The van der Waals surface area contributed by atoms with Crippen LogP contribution >= 0.6 is 0 Å². The van der Waals surface area contributed by atoms with Crippen molar-refractivity contribution in [3.8, 4) is 11.5 Å². The summed E-state index contributed by atoms with van der Waals surface area (Å²) in [7, 11) is 0.185. The molecule has 23 heavy (non-hydrogen) atoms. The first-order chi connectivity index (χ1) is 10.8. The van der Waals surface area contributed by atoms with E-state index < -0.39 is 22.0 Å². The Bertz CT molecular complexity index is 643. The van der Waals surface area contributed by atoms with Crippen molar-refractivity contribution in [1.29, 1.82) is 0 Å². The summed E-state index contributed by atoms with van der Waals surface area (Å²) in [6, 6.07) is 3.26. The monoisotopic (exact) mass is 345 g/mol. The number of ether oxygens (including phenoxy) is 3. The number of benzene rings is 1. The van der Waals surface area contributed by atoms with Crippen molar-refractivity contribution in [2.45, 2.75) is 31.2 Å². The normalized spacial score (nSPS) is 14.0. The second kappa shape index (κ2) is 8.16. The summed E-state index contributed by atoms with van der Waals surface area (Å²) in [5.41, 5.74) is 0. The third-order valence-electron chi connectivity index (χ3n) is 3.62. The highest BCUT2D eigenvalue weighted by atomic mass is 32.2. The lowest BCUT2D eigenvalue weighted by molar-refractivity contribution is -0.143. The molecule has 1 N–H and O–H groups in total. The average molecular weight is 345 g/mol. The zero-order valence-corrected chi connectivity index (χ0v) is 14.8. The van der Waals surface area contributed by atoms with Gasteiger partial charge >= 0.3 is 5.97 Å². The molecule has 0 heterocycles. The lowest BCUT2D eigenvalue weighted by Crippen LogP contribution is -2.45. The van der Waals surface area contributed by atoms with Gasteiger partial charge in [-0.25, -0.2) is 8.42 Å². The summed E-state index contributed by atoms with van der Waals surface area (Å²) in [6.45, 7) is 3.64. The fourth-order valence-electron chi connectivity index (χ4n) is 1.98. The van der Waals surface area contributed by atoms with Gasteiger partial charge in [-0.15, -0.1) is 0 Å². The second-order valence-corrected chi connectivity index (χ2v) is 6.74. The molecular formula is C15H23NO6S. The number of esters is 1. The Balaban J connectivity index is 3.17. The van der Waals surface area contributed by atoms with Gasteiger partial charge in [0, 0.05) is 6.07 Å². The SMILES string of the molecule is CC[C@@H](C)[C@H](NS(=O)(=O)c1ccc(OC)c(OC)c1)C(=O)OC. The molecule has 0 fully saturated rings.